The highest BCUT2D eigenvalue weighted by atomic mass is 16.5. The fraction of sp³-hybridized carbons (Fsp3) is 0.294. The summed E-state index contributed by atoms with van der Waals surface area (Å²) in [5.41, 5.74) is 1.75. The molecule has 2 aromatic rings. The quantitative estimate of drug-likeness (QED) is 0.896. The number of anilines is 1. The van der Waals surface area contributed by atoms with Gasteiger partial charge in [-0.3, -0.25) is 9.78 Å². The van der Waals surface area contributed by atoms with E-state index >= 15 is 0 Å². The van der Waals surface area contributed by atoms with E-state index in [4.69, 9.17) is 4.74 Å². The SMILES string of the molecule is CCC(C)C(=O)Nc1ccc(Oc2cccnc2)c(C)c1. The van der Waals surface area contributed by atoms with E-state index in [1.807, 2.05) is 51.1 Å². The van der Waals surface area contributed by atoms with Crippen LogP contribution in [0.2, 0.25) is 0 Å². The molecule has 1 heterocycles. The van der Waals surface area contributed by atoms with Crippen LogP contribution in [0.3, 0.4) is 0 Å². The predicted molar refractivity (Wildman–Crippen MR) is 83.6 cm³/mol. The number of hydrogen-bond donors (Lipinski definition) is 1. The summed E-state index contributed by atoms with van der Waals surface area (Å²) >= 11 is 0. The fourth-order valence-electron chi connectivity index (χ4n) is 1.83. The first-order valence-electron chi connectivity index (χ1n) is 7.09. The average Bonchev–Trinajstić information content (AvgIpc) is 2.50. The molecule has 4 heteroatoms. The van der Waals surface area contributed by atoms with Crippen LogP contribution in [-0.2, 0) is 4.79 Å². The Labute approximate surface area is 125 Å². The van der Waals surface area contributed by atoms with Crippen LogP contribution < -0.4 is 10.1 Å². The molecule has 0 fully saturated rings. The van der Waals surface area contributed by atoms with Crippen LogP contribution in [0.1, 0.15) is 25.8 Å². The number of hydrogen-bond acceptors (Lipinski definition) is 3. The molecule has 1 aromatic carbocycles. The van der Waals surface area contributed by atoms with Gasteiger partial charge in [0.2, 0.25) is 5.91 Å². The second-order valence-corrected chi connectivity index (χ2v) is 5.07. The molecule has 1 amide bonds. The summed E-state index contributed by atoms with van der Waals surface area (Å²) in [5.74, 6) is 1.50. The van der Waals surface area contributed by atoms with Crippen LogP contribution in [0.5, 0.6) is 11.5 Å². The summed E-state index contributed by atoms with van der Waals surface area (Å²) in [6, 6.07) is 9.29. The van der Waals surface area contributed by atoms with Crippen LogP contribution in [0.25, 0.3) is 0 Å². The molecule has 21 heavy (non-hydrogen) atoms. The Balaban J connectivity index is 2.09. The van der Waals surface area contributed by atoms with Crippen LogP contribution in [0, 0.1) is 12.8 Å². The number of carbonyl (C=O) groups excluding carboxylic acids is 1. The van der Waals surface area contributed by atoms with Gasteiger partial charge in [-0.15, -0.1) is 0 Å². The molecule has 2 rings (SSSR count). The van der Waals surface area contributed by atoms with Crippen molar-refractivity contribution in [1.82, 2.24) is 4.98 Å². The van der Waals surface area contributed by atoms with Crippen molar-refractivity contribution in [3.63, 3.8) is 0 Å². The summed E-state index contributed by atoms with van der Waals surface area (Å²) < 4.78 is 5.76. The molecule has 1 aromatic heterocycles. The highest BCUT2D eigenvalue weighted by Crippen LogP contribution is 2.27. The maximum absolute atomic E-state index is 11.9. The number of ether oxygens (including phenoxy) is 1. The highest BCUT2D eigenvalue weighted by Gasteiger charge is 2.11. The Morgan fingerprint density at radius 3 is 2.81 bits per heavy atom. The van der Waals surface area contributed by atoms with E-state index in [9.17, 15) is 4.79 Å². The van der Waals surface area contributed by atoms with E-state index in [1.54, 1.807) is 12.4 Å². The number of carbonyl (C=O) groups is 1. The smallest absolute Gasteiger partial charge is 0.227 e. The Morgan fingerprint density at radius 1 is 1.38 bits per heavy atom. The first kappa shape index (κ1) is 15.0. The zero-order valence-electron chi connectivity index (χ0n) is 12.6. The molecule has 0 aliphatic rings. The molecule has 1 unspecified atom stereocenters. The number of benzene rings is 1. The molecule has 0 radical (unpaired) electrons. The molecular formula is C17H20N2O2. The van der Waals surface area contributed by atoms with Gasteiger partial charge >= 0.3 is 0 Å². The molecule has 4 nitrogen and oxygen atoms in total. The van der Waals surface area contributed by atoms with Crippen molar-refractivity contribution in [3.8, 4) is 11.5 Å². The monoisotopic (exact) mass is 284 g/mol. The van der Waals surface area contributed by atoms with Crippen molar-refractivity contribution in [3.05, 3.63) is 48.3 Å². The van der Waals surface area contributed by atoms with Crippen molar-refractivity contribution >= 4 is 11.6 Å². The van der Waals surface area contributed by atoms with E-state index in [1.165, 1.54) is 0 Å². The molecule has 0 aliphatic carbocycles. The normalized spacial score (nSPS) is 11.8. The largest absolute Gasteiger partial charge is 0.455 e. The van der Waals surface area contributed by atoms with Gasteiger partial charge in [-0.05, 0) is 49.2 Å². The lowest BCUT2D eigenvalue weighted by molar-refractivity contribution is -0.119. The third-order valence-corrected chi connectivity index (χ3v) is 3.36. The minimum absolute atomic E-state index is 0.0108. The zero-order valence-corrected chi connectivity index (χ0v) is 12.6. The first-order chi connectivity index (χ1) is 10.1. The molecular weight excluding hydrogens is 264 g/mol. The summed E-state index contributed by atoms with van der Waals surface area (Å²) in [5, 5.41) is 2.92. The minimum atomic E-state index is 0.0108. The molecule has 0 bridgehead atoms. The zero-order chi connectivity index (χ0) is 15.2. The first-order valence-corrected chi connectivity index (χ1v) is 7.09. The Bertz CT molecular complexity index is 611. The van der Waals surface area contributed by atoms with Gasteiger partial charge in [0.25, 0.3) is 0 Å². The van der Waals surface area contributed by atoms with Crippen molar-refractivity contribution in [2.75, 3.05) is 5.32 Å². The van der Waals surface area contributed by atoms with E-state index in [-0.39, 0.29) is 11.8 Å². The summed E-state index contributed by atoms with van der Waals surface area (Å²) in [4.78, 5) is 15.9. The minimum Gasteiger partial charge on any atom is -0.455 e. The number of aromatic nitrogens is 1. The van der Waals surface area contributed by atoms with Crippen LogP contribution in [0.15, 0.2) is 42.7 Å². The summed E-state index contributed by atoms with van der Waals surface area (Å²) in [7, 11) is 0. The summed E-state index contributed by atoms with van der Waals surface area (Å²) in [6.45, 7) is 5.87. The number of aryl methyl sites for hydroxylation is 1. The van der Waals surface area contributed by atoms with E-state index in [0.29, 0.717) is 5.75 Å². The van der Waals surface area contributed by atoms with Crippen LogP contribution >= 0.6 is 0 Å². The van der Waals surface area contributed by atoms with Crippen molar-refractivity contribution in [2.45, 2.75) is 27.2 Å². The molecule has 0 saturated heterocycles. The number of amides is 1. The fourth-order valence-corrected chi connectivity index (χ4v) is 1.83. The molecule has 110 valence electrons. The maximum atomic E-state index is 11.9. The van der Waals surface area contributed by atoms with Gasteiger partial charge < -0.3 is 10.1 Å². The average molecular weight is 284 g/mol. The standard InChI is InChI=1S/C17H20N2O2/c1-4-12(2)17(20)19-14-7-8-16(13(3)10-14)21-15-6-5-9-18-11-15/h5-12H,4H2,1-3H3,(H,19,20). The van der Waals surface area contributed by atoms with Gasteiger partial charge in [0.1, 0.15) is 11.5 Å². The lowest BCUT2D eigenvalue weighted by Crippen LogP contribution is -2.19. The second-order valence-electron chi connectivity index (χ2n) is 5.07. The van der Waals surface area contributed by atoms with Gasteiger partial charge in [0, 0.05) is 17.8 Å². The Kier molecular flexibility index (Phi) is 4.93. The van der Waals surface area contributed by atoms with Gasteiger partial charge in [0.05, 0.1) is 6.20 Å². The van der Waals surface area contributed by atoms with Crippen molar-refractivity contribution in [2.24, 2.45) is 5.92 Å². The third kappa shape index (κ3) is 4.05. The van der Waals surface area contributed by atoms with Crippen LogP contribution in [0.4, 0.5) is 5.69 Å². The van der Waals surface area contributed by atoms with E-state index < -0.39 is 0 Å². The Morgan fingerprint density at radius 2 is 2.19 bits per heavy atom. The molecule has 0 saturated carbocycles. The number of rotatable bonds is 5. The lowest BCUT2D eigenvalue weighted by atomic mass is 10.1. The lowest BCUT2D eigenvalue weighted by Gasteiger charge is -2.13. The van der Waals surface area contributed by atoms with Crippen molar-refractivity contribution in [1.29, 1.82) is 0 Å². The maximum Gasteiger partial charge on any atom is 0.227 e. The third-order valence-electron chi connectivity index (χ3n) is 3.36. The van der Waals surface area contributed by atoms with Crippen LogP contribution in [-0.4, -0.2) is 10.9 Å². The van der Waals surface area contributed by atoms with Crippen molar-refractivity contribution < 1.29 is 9.53 Å². The predicted octanol–water partition coefficient (Wildman–Crippen LogP) is 4.17. The van der Waals surface area contributed by atoms with Gasteiger partial charge in [-0.1, -0.05) is 13.8 Å². The van der Waals surface area contributed by atoms with Gasteiger partial charge in [0.15, 0.2) is 0 Å². The topological polar surface area (TPSA) is 51.2 Å². The van der Waals surface area contributed by atoms with E-state index in [2.05, 4.69) is 10.3 Å². The molecule has 0 aliphatic heterocycles. The number of nitrogens with one attached hydrogen (secondary N) is 1. The number of nitrogens with zero attached hydrogens (tertiary/aromatic N) is 1. The molecule has 1 atom stereocenters. The van der Waals surface area contributed by atoms with Gasteiger partial charge in [-0.25, -0.2) is 0 Å². The van der Waals surface area contributed by atoms with E-state index in [0.717, 1.165) is 23.4 Å². The highest BCUT2D eigenvalue weighted by molar-refractivity contribution is 5.92. The Hall–Kier alpha value is -2.36. The summed E-state index contributed by atoms with van der Waals surface area (Å²) in [6.07, 6.45) is 4.19. The molecule has 1 N–H and O–H groups in total. The second kappa shape index (κ2) is 6.88. The molecule has 0 spiro atoms. The number of pyridine rings is 1. The van der Waals surface area contributed by atoms with Gasteiger partial charge in [-0.2, -0.15) is 0 Å².